The molecular weight excluding hydrogens is 398 g/mol. The molecule has 1 unspecified atom stereocenters. The van der Waals surface area contributed by atoms with Gasteiger partial charge in [-0.05, 0) is 42.7 Å². The van der Waals surface area contributed by atoms with Gasteiger partial charge in [0.25, 0.3) is 5.91 Å². The standard InChI is InChI=1S/C20H21NO5S2/c22-20(21-9-7-14-5-6-17-18(11-14)26-13-25-17)16-3-1-2-4-19(16)27-15-8-10-28(23,24)12-15/h1-6,11,15H,7-10,12-13H2,(H,21,22). The fourth-order valence-electron chi connectivity index (χ4n) is 3.30. The topological polar surface area (TPSA) is 81.7 Å². The van der Waals surface area contributed by atoms with E-state index in [0.717, 1.165) is 22.0 Å². The quantitative estimate of drug-likeness (QED) is 0.775. The maximum Gasteiger partial charge on any atom is 0.252 e. The summed E-state index contributed by atoms with van der Waals surface area (Å²) < 4.78 is 34.1. The number of benzene rings is 2. The number of ether oxygens (including phenoxy) is 2. The van der Waals surface area contributed by atoms with E-state index in [1.807, 2.05) is 36.4 Å². The van der Waals surface area contributed by atoms with Crippen LogP contribution in [-0.2, 0) is 16.3 Å². The lowest BCUT2D eigenvalue weighted by molar-refractivity contribution is 0.0951. The van der Waals surface area contributed by atoms with Gasteiger partial charge < -0.3 is 14.8 Å². The van der Waals surface area contributed by atoms with Crippen molar-refractivity contribution >= 4 is 27.5 Å². The number of carbonyl (C=O) groups is 1. The van der Waals surface area contributed by atoms with Crippen molar-refractivity contribution in [2.75, 3.05) is 24.8 Å². The van der Waals surface area contributed by atoms with Crippen LogP contribution in [0.3, 0.4) is 0 Å². The van der Waals surface area contributed by atoms with Crippen molar-refractivity contribution in [2.24, 2.45) is 0 Å². The Bertz CT molecular complexity index is 990. The van der Waals surface area contributed by atoms with E-state index in [0.29, 0.717) is 24.9 Å². The van der Waals surface area contributed by atoms with Crippen molar-refractivity contribution in [3.63, 3.8) is 0 Å². The van der Waals surface area contributed by atoms with Gasteiger partial charge in [0.15, 0.2) is 21.3 Å². The van der Waals surface area contributed by atoms with Crippen molar-refractivity contribution in [3.8, 4) is 11.5 Å². The SMILES string of the molecule is O=C(NCCc1ccc2c(c1)OCO2)c1ccccc1SC1CCS(=O)(=O)C1. The molecule has 0 aliphatic carbocycles. The summed E-state index contributed by atoms with van der Waals surface area (Å²) in [6.45, 7) is 0.738. The zero-order valence-corrected chi connectivity index (χ0v) is 16.9. The van der Waals surface area contributed by atoms with Crippen LogP contribution in [0, 0.1) is 0 Å². The molecule has 0 bridgehead atoms. The van der Waals surface area contributed by atoms with E-state index in [2.05, 4.69) is 5.32 Å². The summed E-state index contributed by atoms with van der Waals surface area (Å²) in [6.07, 6.45) is 1.31. The van der Waals surface area contributed by atoms with Crippen molar-refractivity contribution in [1.82, 2.24) is 5.32 Å². The fourth-order valence-corrected chi connectivity index (χ4v) is 6.93. The number of hydrogen-bond donors (Lipinski definition) is 1. The molecule has 1 N–H and O–H groups in total. The molecule has 0 radical (unpaired) electrons. The number of rotatable bonds is 6. The monoisotopic (exact) mass is 419 g/mol. The highest BCUT2D eigenvalue weighted by Crippen LogP contribution is 2.34. The van der Waals surface area contributed by atoms with Crippen LogP contribution in [0.5, 0.6) is 11.5 Å². The molecule has 1 amide bonds. The van der Waals surface area contributed by atoms with Crippen molar-refractivity contribution in [3.05, 3.63) is 53.6 Å². The lowest BCUT2D eigenvalue weighted by Gasteiger charge is -2.13. The van der Waals surface area contributed by atoms with E-state index >= 15 is 0 Å². The molecule has 2 aromatic rings. The average Bonchev–Trinajstić information content (AvgIpc) is 3.27. The zero-order valence-electron chi connectivity index (χ0n) is 15.2. The number of amides is 1. The van der Waals surface area contributed by atoms with Gasteiger partial charge in [0, 0.05) is 16.7 Å². The largest absolute Gasteiger partial charge is 0.454 e. The van der Waals surface area contributed by atoms with Crippen LogP contribution >= 0.6 is 11.8 Å². The molecule has 0 spiro atoms. The minimum Gasteiger partial charge on any atom is -0.454 e. The first-order chi connectivity index (χ1) is 13.5. The zero-order chi connectivity index (χ0) is 19.6. The number of carbonyl (C=O) groups excluding carboxylic acids is 1. The molecule has 1 fully saturated rings. The molecule has 8 heteroatoms. The van der Waals surface area contributed by atoms with Gasteiger partial charge >= 0.3 is 0 Å². The third-order valence-corrected chi connectivity index (χ3v) is 8.08. The van der Waals surface area contributed by atoms with E-state index in [4.69, 9.17) is 9.47 Å². The van der Waals surface area contributed by atoms with Crippen molar-refractivity contribution in [1.29, 1.82) is 0 Å². The summed E-state index contributed by atoms with van der Waals surface area (Å²) >= 11 is 1.48. The molecule has 1 atom stereocenters. The van der Waals surface area contributed by atoms with Crippen LogP contribution in [0.1, 0.15) is 22.3 Å². The lowest BCUT2D eigenvalue weighted by Crippen LogP contribution is -2.26. The van der Waals surface area contributed by atoms with E-state index in [1.54, 1.807) is 6.07 Å². The maximum absolute atomic E-state index is 12.7. The van der Waals surface area contributed by atoms with Gasteiger partial charge in [-0.25, -0.2) is 8.42 Å². The number of nitrogens with one attached hydrogen (secondary N) is 1. The van der Waals surface area contributed by atoms with Crippen LogP contribution in [0.2, 0.25) is 0 Å². The Hall–Kier alpha value is -2.19. The minimum atomic E-state index is -2.94. The van der Waals surface area contributed by atoms with Gasteiger partial charge in [-0.2, -0.15) is 0 Å². The predicted octanol–water partition coefficient (Wildman–Crippen LogP) is 2.67. The molecule has 6 nitrogen and oxygen atoms in total. The fraction of sp³-hybridized carbons (Fsp3) is 0.350. The second-order valence-electron chi connectivity index (χ2n) is 6.83. The first-order valence-electron chi connectivity index (χ1n) is 9.13. The molecule has 2 aliphatic heterocycles. The van der Waals surface area contributed by atoms with Crippen LogP contribution in [-0.4, -0.2) is 44.4 Å². The molecule has 4 rings (SSSR count). The Morgan fingerprint density at radius 2 is 1.96 bits per heavy atom. The Morgan fingerprint density at radius 3 is 2.79 bits per heavy atom. The number of sulfone groups is 1. The van der Waals surface area contributed by atoms with Gasteiger partial charge in [0.05, 0.1) is 17.1 Å². The molecule has 2 heterocycles. The normalized spacial score (nSPS) is 19.5. The highest BCUT2D eigenvalue weighted by molar-refractivity contribution is 8.02. The Morgan fingerprint density at radius 1 is 1.14 bits per heavy atom. The molecule has 2 aromatic carbocycles. The van der Waals surface area contributed by atoms with Crippen LogP contribution in [0.25, 0.3) is 0 Å². The van der Waals surface area contributed by atoms with Crippen molar-refractivity contribution in [2.45, 2.75) is 23.0 Å². The summed E-state index contributed by atoms with van der Waals surface area (Å²) in [5.74, 6) is 1.74. The highest BCUT2D eigenvalue weighted by atomic mass is 32.2. The van der Waals surface area contributed by atoms with Crippen LogP contribution in [0.4, 0.5) is 0 Å². The van der Waals surface area contributed by atoms with Crippen LogP contribution in [0.15, 0.2) is 47.4 Å². The summed E-state index contributed by atoms with van der Waals surface area (Å²) in [5.41, 5.74) is 1.64. The van der Waals surface area contributed by atoms with Gasteiger partial charge in [-0.15, -0.1) is 11.8 Å². The van der Waals surface area contributed by atoms with E-state index in [1.165, 1.54) is 11.8 Å². The number of thioether (sulfide) groups is 1. The lowest BCUT2D eigenvalue weighted by atomic mass is 10.1. The van der Waals surface area contributed by atoms with Gasteiger partial charge in [-0.3, -0.25) is 4.79 Å². The molecule has 148 valence electrons. The highest BCUT2D eigenvalue weighted by Gasteiger charge is 2.29. The first kappa shape index (κ1) is 19.1. The summed E-state index contributed by atoms with van der Waals surface area (Å²) in [4.78, 5) is 13.5. The molecule has 28 heavy (non-hydrogen) atoms. The number of hydrogen-bond acceptors (Lipinski definition) is 6. The van der Waals surface area contributed by atoms with Crippen molar-refractivity contribution < 1.29 is 22.7 Å². The summed E-state index contributed by atoms with van der Waals surface area (Å²) in [6, 6.07) is 13.1. The maximum atomic E-state index is 12.7. The van der Waals surface area contributed by atoms with Crippen LogP contribution < -0.4 is 14.8 Å². The van der Waals surface area contributed by atoms with E-state index in [9.17, 15) is 13.2 Å². The second-order valence-corrected chi connectivity index (χ2v) is 10.4. The third kappa shape index (κ3) is 4.44. The minimum absolute atomic E-state index is 0.00702. The summed E-state index contributed by atoms with van der Waals surface area (Å²) in [5, 5.41) is 2.96. The molecule has 1 saturated heterocycles. The average molecular weight is 420 g/mol. The molecular formula is C20H21NO5S2. The van der Waals surface area contributed by atoms with E-state index in [-0.39, 0.29) is 29.5 Å². The Labute approximate surface area is 168 Å². The Balaban J connectivity index is 1.36. The molecule has 2 aliphatic rings. The smallest absolute Gasteiger partial charge is 0.252 e. The number of fused-ring (bicyclic) bond motifs is 1. The van der Waals surface area contributed by atoms with E-state index < -0.39 is 9.84 Å². The summed E-state index contributed by atoms with van der Waals surface area (Å²) in [7, 11) is -2.94. The van der Waals surface area contributed by atoms with Gasteiger partial charge in [0.1, 0.15) is 0 Å². The molecule has 0 aromatic heterocycles. The molecule has 0 saturated carbocycles. The Kier molecular flexibility index (Phi) is 5.50. The van der Waals surface area contributed by atoms with Gasteiger partial charge in [-0.1, -0.05) is 18.2 Å². The van der Waals surface area contributed by atoms with Gasteiger partial charge in [0.2, 0.25) is 6.79 Å². The predicted molar refractivity (Wildman–Crippen MR) is 108 cm³/mol. The second kappa shape index (κ2) is 8.05. The third-order valence-electron chi connectivity index (χ3n) is 4.75. The first-order valence-corrected chi connectivity index (χ1v) is 11.8.